The van der Waals surface area contributed by atoms with E-state index in [1.807, 2.05) is 13.8 Å². The van der Waals surface area contributed by atoms with Crippen LogP contribution in [0.5, 0.6) is 0 Å². The van der Waals surface area contributed by atoms with Crippen molar-refractivity contribution in [1.29, 1.82) is 10.8 Å². The van der Waals surface area contributed by atoms with Crippen molar-refractivity contribution in [3.63, 3.8) is 0 Å². The minimum atomic E-state index is -1.60. The maximum absolute atomic E-state index is 12.0. The summed E-state index contributed by atoms with van der Waals surface area (Å²) in [5.74, 6) is 0.0765. The highest BCUT2D eigenvalue weighted by Gasteiger charge is 2.24. The molecule has 210 valence electrons. The van der Waals surface area contributed by atoms with Crippen molar-refractivity contribution in [1.82, 2.24) is 21.3 Å². The van der Waals surface area contributed by atoms with Gasteiger partial charge >= 0.3 is 0 Å². The van der Waals surface area contributed by atoms with Gasteiger partial charge in [0.25, 0.3) is 5.91 Å². The number of carbonyl (C=O) groups is 2. The molecule has 0 bridgehead atoms. The predicted molar refractivity (Wildman–Crippen MR) is 145 cm³/mol. The maximum Gasteiger partial charge on any atom is 0.251 e. The van der Waals surface area contributed by atoms with Crippen LogP contribution in [-0.2, 0) is 9.59 Å². The number of unbranched alkanes of at least 4 members (excludes halogenated alkanes) is 3. The van der Waals surface area contributed by atoms with Gasteiger partial charge in [-0.15, -0.1) is 0 Å². The molecule has 0 aromatic carbocycles. The van der Waals surface area contributed by atoms with Crippen LogP contribution in [0.2, 0.25) is 0 Å². The van der Waals surface area contributed by atoms with Crippen LogP contribution in [-0.4, -0.2) is 71.6 Å². The van der Waals surface area contributed by atoms with Crippen molar-refractivity contribution in [3.8, 4) is 0 Å². The van der Waals surface area contributed by atoms with Crippen LogP contribution in [0.4, 0.5) is 0 Å². The number of nitrogens with one attached hydrogen (secondary N) is 6. The normalized spacial score (nSPS) is 13.9. The molecule has 0 aromatic heterocycles. The van der Waals surface area contributed by atoms with Crippen LogP contribution < -0.4 is 21.3 Å². The van der Waals surface area contributed by atoms with E-state index < -0.39 is 18.1 Å². The molecule has 0 radical (unpaired) electrons. The van der Waals surface area contributed by atoms with Gasteiger partial charge in [-0.05, 0) is 44.4 Å². The number of rotatable bonds is 19. The molecule has 0 saturated carbocycles. The van der Waals surface area contributed by atoms with Gasteiger partial charge in [0, 0.05) is 44.9 Å². The fourth-order valence-electron chi connectivity index (χ4n) is 3.29. The molecule has 10 nitrogen and oxygen atoms in total. The zero-order valence-electron chi connectivity index (χ0n) is 23.1. The molecule has 0 rings (SSSR count). The van der Waals surface area contributed by atoms with E-state index in [9.17, 15) is 19.8 Å². The zero-order chi connectivity index (χ0) is 27.6. The molecule has 0 saturated heterocycles. The van der Waals surface area contributed by atoms with Gasteiger partial charge in [0.1, 0.15) is 0 Å². The van der Waals surface area contributed by atoms with Crippen molar-refractivity contribution in [3.05, 3.63) is 0 Å². The van der Waals surface area contributed by atoms with Crippen LogP contribution in [0.3, 0.4) is 0 Å². The first-order chi connectivity index (χ1) is 16.9. The SMILES string of the molecule is CCC(C)NC(=O)CCC(O)C(O)C(=O)NCCNC(=N)CCCCCCC(=N)NCCC(C)(C)C. The third kappa shape index (κ3) is 19.0. The van der Waals surface area contributed by atoms with Gasteiger partial charge in [0.2, 0.25) is 5.91 Å². The summed E-state index contributed by atoms with van der Waals surface area (Å²) >= 11 is 0. The Kier molecular flexibility index (Phi) is 17.8. The largest absolute Gasteiger partial charge is 0.390 e. The van der Waals surface area contributed by atoms with Crippen LogP contribution >= 0.6 is 0 Å². The molecule has 0 fully saturated rings. The fourth-order valence-corrected chi connectivity index (χ4v) is 3.29. The standard InChI is InChI=1S/C26H52N6O4/c1-6-19(2)32-23(34)14-13-20(33)24(35)25(36)31-18-17-30-22(28)12-10-8-7-9-11-21(27)29-16-15-26(3,4)5/h19-20,24,33,35H,6-18H2,1-5H3,(H2,27,29)(H2,28,30)(H,31,36)(H,32,34). The topological polar surface area (TPSA) is 170 Å². The van der Waals surface area contributed by atoms with E-state index in [2.05, 4.69) is 42.0 Å². The lowest BCUT2D eigenvalue weighted by Crippen LogP contribution is -2.45. The summed E-state index contributed by atoms with van der Waals surface area (Å²) in [6.07, 6.45) is 4.19. The van der Waals surface area contributed by atoms with Crippen LogP contribution in [0.15, 0.2) is 0 Å². The molecule has 0 aliphatic rings. The molecule has 36 heavy (non-hydrogen) atoms. The first-order valence-electron chi connectivity index (χ1n) is 13.4. The molecule has 0 heterocycles. The van der Waals surface area contributed by atoms with Crippen molar-refractivity contribution in [2.45, 2.75) is 117 Å². The molecular weight excluding hydrogens is 460 g/mol. The lowest BCUT2D eigenvalue weighted by molar-refractivity contribution is -0.136. The molecule has 3 unspecified atom stereocenters. The summed E-state index contributed by atoms with van der Waals surface area (Å²) in [5, 5.41) is 47.3. The third-order valence-electron chi connectivity index (χ3n) is 5.90. The van der Waals surface area contributed by atoms with Gasteiger partial charge in [-0.25, -0.2) is 0 Å². The van der Waals surface area contributed by atoms with Gasteiger partial charge in [-0.3, -0.25) is 20.4 Å². The number of hydrogen-bond donors (Lipinski definition) is 8. The van der Waals surface area contributed by atoms with Crippen LogP contribution in [0.1, 0.15) is 98.8 Å². The Morgan fingerprint density at radius 2 is 1.36 bits per heavy atom. The summed E-state index contributed by atoms with van der Waals surface area (Å²) in [6, 6.07) is 0.0421. The van der Waals surface area contributed by atoms with E-state index in [-0.39, 0.29) is 36.8 Å². The van der Waals surface area contributed by atoms with Crippen LogP contribution in [0, 0.1) is 16.2 Å². The van der Waals surface area contributed by atoms with E-state index in [1.165, 1.54) is 0 Å². The highest BCUT2D eigenvalue weighted by Crippen LogP contribution is 2.17. The average Bonchev–Trinajstić information content (AvgIpc) is 2.80. The Morgan fingerprint density at radius 1 is 0.833 bits per heavy atom. The Bertz CT molecular complexity index is 665. The van der Waals surface area contributed by atoms with E-state index in [0.717, 1.165) is 51.5 Å². The Labute approximate surface area is 217 Å². The van der Waals surface area contributed by atoms with Gasteiger partial charge < -0.3 is 31.5 Å². The van der Waals surface area contributed by atoms with Crippen molar-refractivity contribution in [2.24, 2.45) is 5.41 Å². The number of hydrogen-bond acceptors (Lipinski definition) is 6. The number of carbonyl (C=O) groups excluding carboxylic acids is 2. The number of amidine groups is 2. The van der Waals surface area contributed by atoms with E-state index >= 15 is 0 Å². The van der Waals surface area contributed by atoms with Gasteiger partial charge in [-0.2, -0.15) is 0 Å². The highest BCUT2D eigenvalue weighted by atomic mass is 16.3. The number of amides is 2. The molecular formula is C26H52N6O4. The lowest BCUT2D eigenvalue weighted by atomic mass is 9.92. The zero-order valence-corrected chi connectivity index (χ0v) is 23.1. The van der Waals surface area contributed by atoms with Crippen molar-refractivity contribution < 1.29 is 19.8 Å². The summed E-state index contributed by atoms with van der Waals surface area (Å²) in [5.41, 5.74) is 0.272. The molecule has 3 atom stereocenters. The lowest BCUT2D eigenvalue weighted by Gasteiger charge is -2.18. The summed E-state index contributed by atoms with van der Waals surface area (Å²) in [7, 11) is 0. The van der Waals surface area contributed by atoms with Gasteiger partial charge in [0.15, 0.2) is 6.10 Å². The van der Waals surface area contributed by atoms with E-state index in [4.69, 9.17) is 10.8 Å². The highest BCUT2D eigenvalue weighted by molar-refractivity contribution is 5.82. The summed E-state index contributed by atoms with van der Waals surface area (Å²) in [6.45, 7) is 11.8. The second-order valence-electron chi connectivity index (χ2n) is 10.8. The van der Waals surface area contributed by atoms with E-state index in [1.54, 1.807) is 0 Å². The Hall–Kier alpha value is -2.20. The third-order valence-corrected chi connectivity index (χ3v) is 5.90. The van der Waals surface area contributed by atoms with Crippen molar-refractivity contribution >= 4 is 23.5 Å². The number of aliphatic hydroxyl groups excluding tert-OH is 2. The monoisotopic (exact) mass is 512 g/mol. The Morgan fingerprint density at radius 3 is 1.89 bits per heavy atom. The Balaban J connectivity index is 3.79. The second-order valence-corrected chi connectivity index (χ2v) is 10.8. The first-order valence-corrected chi connectivity index (χ1v) is 13.4. The minimum absolute atomic E-state index is 0.00536. The first kappa shape index (κ1) is 33.8. The smallest absolute Gasteiger partial charge is 0.251 e. The predicted octanol–water partition coefficient (Wildman–Crippen LogP) is 2.43. The molecule has 0 aliphatic carbocycles. The fraction of sp³-hybridized carbons (Fsp3) is 0.846. The summed E-state index contributed by atoms with van der Waals surface area (Å²) < 4.78 is 0. The molecule has 0 aliphatic heterocycles. The van der Waals surface area contributed by atoms with Gasteiger partial charge in [-0.1, -0.05) is 40.5 Å². The van der Waals surface area contributed by atoms with Crippen molar-refractivity contribution in [2.75, 3.05) is 19.6 Å². The average molecular weight is 513 g/mol. The second kappa shape index (κ2) is 19.0. The minimum Gasteiger partial charge on any atom is -0.390 e. The maximum atomic E-state index is 12.0. The molecule has 0 spiro atoms. The molecule has 10 heteroatoms. The number of aliphatic hydroxyl groups is 2. The van der Waals surface area contributed by atoms with E-state index in [0.29, 0.717) is 24.6 Å². The summed E-state index contributed by atoms with van der Waals surface area (Å²) in [4.78, 5) is 23.8. The molecule has 0 aromatic rings. The van der Waals surface area contributed by atoms with Gasteiger partial charge in [0.05, 0.1) is 17.8 Å². The quantitative estimate of drug-likeness (QED) is 0.0750. The molecule has 8 N–H and O–H groups in total. The van der Waals surface area contributed by atoms with Crippen LogP contribution in [0.25, 0.3) is 0 Å². The molecule has 2 amide bonds.